The molecule has 3 aromatic carbocycles. The van der Waals surface area contributed by atoms with Crippen molar-refractivity contribution in [2.75, 3.05) is 21.3 Å². The van der Waals surface area contributed by atoms with Gasteiger partial charge in [0.1, 0.15) is 11.5 Å². The number of nitrogens with one attached hydrogen (secondary N) is 1. The summed E-state index contributed by atoms with van der Waals surface area (Å²) in [5, 5.41) is 0. The lowest BCUT2D eigenvalue weighted by Crippen LogP contribution is -2.38. The van der Waals surface area contributed by atoms with Crippen LogP contribution in [0.3, 0.4) is 0 Å². The maximum absolute atomic E-state index is 13.2. The number of anilines is 2. The highest BCUT2D eigenvalue weighted by Crippen LogP contribution is 2.31. The lowest BCUT2D eigenvalue weighted by atomic mass is 10.1. The van der Waals surface area contributed by atoms with Crippen LogP contribution in [0.4, 0.5) is 11.4 Å². The van der Waals surface area contributed by atoms with Crippen molar-refractivity contribution in [3.05, 3.63) is 77.9 Å². The smallest absolute Gasteiger partial charge is 0.262 e. The van der Waals surface area contributed by atoms with E-state index in [1.54, 1.807) is 50.2 Å². The van der Waals surface area contributed by atoms with Crippen molar-refractivity contribution in [3.63, 3.8) is 0 Å². The van der Waals surface area contributed by atoms with E-state index in [0.29, 0.717) is 47.0 Å². The normalized spacial score (nSPS) is 15.8. The van der Waals surface area contributed by atoms with E-state index in [2.05, 4.69) is 4.72 Å². The van der Waals surface area contributed by atoms with Crippen LogP contribution < -0.4 is 13.8 Å². The number of rotatable bonds is 6. The Morgan fingerprint density at radius 3 is 2.09 bits per heavy atom. The van der Waals surface area contributed by atoms with Crippen LogP contribution in [0.1, 0.15) is 24.0 Å². The summed E-state index contributed by atoms with van der Waals surface area (Å²) in [6.45, 7) is 3.76. The molecule has 1 aliphatic rings. The van der Waals surface area contributed by atoms with Crippen molar-refractivity contribution in [2.24, 2.45) is 0 Å². The van der Waals surface area contributed by atoms with Crippen LogP contribution in [-0.2, 0) is 20.0 Å². The van der Waals surface area contributed by atoms with E-state index in [4.69, 9.17) is 4.74 Å². The van der Waals surface area contributed by atoms with Gasteiger partial charge in [-0.2, -0.15) is 0 Å². The van der Waals surface area contributed by atoms with E-state index in [9.17, 15) is 16.8 Å². The number of nitrogens with zero attached hydrogens (tertiary/aromatic N) is 1. The summed E-state index contributed by atoms with van der Waals surface area (Å²) in [5.41, 5.74) is 1.88. The van der Waals surface area contributed by atoms with Gasteiger partial charge >= 0.3 is 0 Å². The van der Waals surface area contributed by atoms with Gasteiger partial charge < -0.3 is 4.74 Å². The van der Waals surface area contributed by atoms with E-state index in [1.807, 2.05) is 30.3 Å². The summed E-state index contributed by atoms with van der Waals surface area (Å²) in [5.74, 6) is 1.38. The molecule has 1 aliphatic heterocycles. The standard InChI is InChI=1S/C24H26N2O5S2/c1-18-16-21(26-14-6-7-15-32(26,27)28)17-19(2)24(18)33(29,30)25-20-10-12-23(13-11-20)31-22-8-4-3-5-9-22/h3-5,8-13,16-17,25H,6-7,14-15H2,1-2H3. The van der Waals surface area contributed by atoms with E-state index < -0.39 is 20.0 Å². The van der Waals surface area contributed by atoms with Crippen molar-refractivity contribution in [1.82, 2.24) is 0 Å². The van der Waals surface area contributed by atoms with Crippen LogP contribution in [0.5, 0.6) is 11.5 Å². The molecule has 0 aliphatic carbocycles. The lowest BCUT2D eigenvalue weighted by Gasteiger charge is -2.29. The summed E-state index contributed by atoms with van der Waals surface area (Å²) in [7, 11) is -7.26. The van der Waals surface area contributed by atoms with Crippen molar-refractivity contribution in [1.29, 1.82) is 0 Å². The average molecular weight is 487 g/mol. The van der Waals surface area contributed by atoms with Crippen molar-refractivity contribution >= 4 is 31.4 Å². The number of ether oxygens (including phenoxy) is 1. The Morgan fingerprint density at radius 2 is 1.48 bits per heavy atom. The quantitative estimate of drug-likeness (QED) is 0.539. The first-order valence-corrected chi connectivity index (χ1v) is 13.7. The zero-order valence-corrected chi connectivity index (χ0v) is 20.1. The van der Waals surface area contributed by atoms with E-state index in [1.165, 1.54) is 4.31 Å². The molecule has 0 saturated carbocycles. The number of aryl methyl sites for hydroxylation is 2. The Kier molecular flexibility index (Phi) is 6.36. The number of hydrogen-bond donors (Lipinski definition) is 1. The maximum Gasteiger partial charge on any atom is 0.262 e. The molecule has 0 spiro atoms. The maximum atomic E-state index is 13.2. The highest BCUT2D eigenvalue weighted by atomic mass is 32.2. The van der Waals surface area contributed by atoms with Crippen LogP contribution in [0.25, 0.3) is 0 Å². The van der Waals surface area contributed by atoms with Crippen LogP contribution in [0.2, 0.25) is 0 Å². The average Bonchev–Trinajstić information content (AvgIpc) is 2.74. The third-order valence-corrected chi connectivity index (χ3v) is 8.99. The Labute approximate surface area is 195 Å². The van der Waals surface area contributed by atoms with Gasteiger partial charge in [-0.15, -0.1) is 0 Å². The lowest BCUT2D eigenvalue weighted by molar-refractivity contribution is 0.483. The molecule has 0 amide bonds. The predicted octanol–water partition coefficient (Wildman–Crippen LogP) is 4.83. The van der Waals surface area contributed by atoms with E-state index >= 15 is 0 Å². The first-order chi connectivity index (χ1) is 15.7. The molecule has 0 aromatic heterocycles. The van der Waals surface area contributed by atoms with Crippen LogP contribution in [0.15, 0.2) is 71.6 Å². The minimum absolute atomic E-state index is 0.108. The van der Waals surface area contributed by atoms with Gasteiger partial charge in [-0.25, -0.2) is 16.8 Å². The molecule has 0 radical (unpaired) electrons. The zero-order chi connectivity index (χ0) is 23.6. The molecular formula is C24H26N2O5S2. The first kappa shape index (κ1) is 23.1. The Morgan fingerprint density at radius 1 is 0.879 bits per heavy atom. The Balaban J connectivity index is 1.56. The van der Waals surface area contributed by atoms with Gasteiger partial charge in [0.05, 0.1) is 16.3 Å². The highest BCUT2D eigenvalue weighted by molar-refractivity contribution is 7.93. The SMILES string of the molecule is Cc1cc(N2CCCCS2(=O)=O)cc(C)c1S(=O)(=O)Nc1ccc(Oc2ccccc2)cc1. The topological polar surface area (TPSA) is 92.8 Å². The molecule has 0 bridgehead atoms. The van der Waals surface area contributed by atoms with E-state index in [-0.39, 0.29) is 10.6 Å². The molecule has 9 heteroatoms. The van der Waals surface area contributed by atoms with Crippen molar-refractivity contribution in [3.8, 4) is 11.5 Å². The molecule has 4 rings (SSSR count). The fraction of sp³-hybridized carbons (Fsp3) is 0.250. The number of benzene rings is 3. The fourth-order valence-electron chi connectivity index (χ4n) is 4.00. The van der Waals surface area contributed by atoms with Gasteiger partial charge in [0, 0.05) is 12.2 Å². The van der Waals surface area contributed by atoms with Crippen molar-refractivity contribution in [2.45, 2.75) is 31.6 Å². The molecule has 1 saturated heterocycles. The van der Waals surface area contributed by atoms with Gasteiger partial charge in [0.25, 0.3) is 10.0 Å². The summed E-state index contributed by atoms with van der Waals surface area (Å²) < 4.78 is 61.0. The molecule has 7 nitrogen and oxygen atoms in total. The monoisotopic (exact) mass is 486 g/mol. The molecule has 0 unspecified atom stereocenters. The second-order valence-corrected chi connectivity index (χ2v) is 11.7. The van der Waals surface area contributed by atoms with Crippen LogP contribution in [-0.4, -0.2) is 29.1 Å². The predicted molar refractivity (Wildman–Crippen MR) is 130 cm³/mol. The molecule has 3 aromatic rings. The summed E-state index contributed by atoms with van der Waals surface area (Å²) >= 11 is 0. The second-order valence-electron chi connectivity index (χ2n) is 8.05. The largest absolute Gasteiger partial charge is 0.457 e. The zero-order valence-electron chi connectivity index (χ0n) is 18.5. The van der Waals surface area contributed by atoms with Crippen LogP contribution >= 0.6 is 0 Å². The first-order valence-electron chi connectivity index (χ1n) is 10.6. The molecule has 1 heterocycles. The number of hydrogen-bond acceptors (Lipinski definition) is 5. The summed E-state index contributed by atoms with van der Waals surface area (Å²) in [6, 6.07) is 19.2. The number of para-hydroxylation sites is 1. The fourth-order valence-corrected chi connectivity index (χ4v) is 7.13. The molecule has 1 fully saturated rings. The van der Waals surface area contributed by atoms with E-state index in [0.717, 1.165) is 6.42 Å². The molecule has 33 heavy (non-hydrogen) atoms. The molecular weight excluding hydrogens is 460 g/mol. The third kappa shape index (κ3) is 5.15. The summed E-state index contributed by atoms with van der Waals surface area (Å²) in [6.07, 6.45) is 1.42. The van der Waals surface area contributed by atoms with Gasteiger partial charge in [-0.05, 0) is 86.3 Å². The molecule has 1 N–H and O–H groups in total. The van der Waals surface area contributed by atoms with Gasteiger partial charge in [0.15, 0.2) is 0 Å². The Hall–Kier alpha value is -3.04. The Bertz CT molecular complexity index is 1330. The minimum atomic E-state index is -3.88. The second kappa shape index (κ2) is 9.07. The van der Waals surface area contributed by atoms with Gasteiger partial charge in [-0.3, -0.25) is 9.03 Å². The third-order valence-electron chi connectivity index (χ3n) is 5.44. The highest BCUT2D eigenvalue weighted by Gasteiger charge is 2.28. The van der Waals surface area contributed by atoms with Gasteiger partial charge in [0.2, 0.25) is 10.0 Å². The summed E-state index contributed by atoms with van der Waals surface area (Å²) in [4.78, 5) is 0.144. The van der Waals surface area contributed by atoms with Gasteiger partial charge in [-0.1, -0.05) is 18.2 Å². The van der Waals surface area contributed by atoms with Crippen molar-refractivity contribution < 1.29 is 21.6 Å². The van der Waals surface area contributed by atoms with Crippen LogP contribution in [0, 0.1) is 13.8 Å². The molecule has 174 valence electrons. The number of sulfonamides is 2. The minimum Gasteiger partial charge on any atom is -0.457 e. The molecule has 0 atom stereocenters.